The summed E-state index contributed by atoms with van der Waals surface area (Å²) in [5.74, 6) is -1.61. The number of aromatic nitrogens is 2. The fourth-order valence-electron chi connectivity index (χ4n) is 1.74. The molecule has 1 N–H and O–H groups in total. The predicted molar refractivity (Wildman–Crippen MR) is 75.4 cm³/mol. The van der Waals surface area contributed by atoms with E-state index < -0.39 is 11.8 Å². The van der Waals surface area contributed by atoms with Crippen molar-refractivity contribution in [1.29, 1.82) is 0 Å². The van der Waals surface area contributed by atoms with Gasteiger partial charge in [-0.3, -0.25) is 4.40 Å². The van der Waals surface area contributed by atoms with Crippen LogP contribution >= 0.6 is 34.5 Å². The maximum atomic E-state index is 13.5. The van der Waals surface area contributed by atoms with E-state index in [0.717, 1.165) is 11.3 Å². The van der Waals surface area contributed by atoms with Gasteiger partial charge in [-0.1, -0.05) is 34.5 Å². The summed E-state index contributed by atoms with van der Waals surface area (Å²) in [5.41, 5.74) is 0.857. The van der Waals surface area contributed by atoms with Crippen LogP contribution in [0.4, 0.5) is 4.39 Å². The van der Waals surface area contributed by atoms with E-state index in [1.165, 1.54) is 18.3 Å². The molecule has 102 valence electrons. The van der Waals surface area contributed by atoms with Crippen LogP contribution in [0.1, 0.15) is 9.67 Å². The molecule has 8 heteroatoms. The first-order chi connectivity index (χ1) is 9.45. The summed E-state index contributed by atoms with van der Waals surface area (Å²) in [6.07, 6.45) is 3.03. The summed E-state index contributed by atoms with van der Waals surface area (Å²) in [6.45, 7) is 0. The molecule has 4 nitrogen and oxygen atoms in total. The number of aromatic carboxylic acids is 1. The van der Waals surface area contributed by atoms with Crippen LogP contribution in [0.25, 0.3) is 16.2 Å². The molecule has 0 unspecified atom stereocenters. The highest BCUT2D eigenvalue weighted by molar-refractivity contribution is 7.18. The van der Waals surface area contributed by atoms with Gasteiger partial charge < -0.3 is 5.11 Å². The molecule has 1 aromatic carbocycles. The number of imidazole rings is 1. The van der Waals surface area contributed by atoms with Crippen LogP contribution < -0.4 is 0 Å². The summed E-state index contributed by atoms with van der Waals surface area (Å²) in [7, 11) is 0. The van der Waals surface area contributed by atoms with Gasteiger partial charge in [0.25, 0.3) is 0 Å². The molecule has 2 aromatic heterocycles. The lowest BCUT2D eigenvalue weighted by atomic mass is 10.1. The minimum atomic E-state index is -1.02. The normalized spacial score (nSPS) is 11.2. The van der Waals surface area contributed by atoms with Crippen molar-refractivity contribution in [3.05, 3.63) is 45.3 Å². The summed E-state index contributed by atoms with van der Waals surface area (Å²) in [4.78, 5) is 15.7. The number of nitrogens with zero attached hydrogens (tertiary/aromatic N) is 2. The lowest BCUT2D eigenvalue weighted by Crippen LogP contribution is -1.91. The van der Waals surface area contributed by atoms with Gasteiger partial charge in [0, 0.05) is 18.0 Å². The number of benzene rings is 1. The highest BCUT2D eigenvalue weighted by Gasteiger charge is 2.15. The van der Waals surface area contributed by atoms with E-state index >= 15 is 0 Å². The van der Waals surface area contributed by atoms with Crippen molar-refractivity contribution in [1.82, 2.24) is 9.38 Å². The minimum Gasteiger partial charge on any atom is -0.477 e. The topological polar surface area (TPSA) is 54.6 Å². The third-order valence-corrected chi connectivity index (χ3v) is 4.24. The van der Waals surface area contributed by atoms with Gasteiger partial charge in [0.15, 0.2) is 4.96 Å². The molecule has 0 amide bonds. The number of hydrogen-bond acceptors (Lipinski definition) is 3. The molecule has 20 heavy (non-hydrogen) atoms. The highest BCUT2D eigenvalue weighted by atomic mass is 35.5. The number of hydrogen-bond donors (Lipinski definition) is 1. The molecule has 3 aromatic rings. The molecule has 2 heterocycles. The van der Waals surface area contributed by atoms with Crippen molar-refractivity contribution in [2.45, 2.75) is 0 Å². The number of rotatable bonds is 2. The summed E-state index contributed by atoms with van der Waals surface area (Å²) >= 11 is 12.7. The maximum Gasteiger partial charge on any atom is 0.347 e. The first-order valence-electron chi connectivity index (χ1n) is 5.32. The van der Waals surface area contributed by atoms with Crippen molar-refractivity contribution in [2.75, 3.05) is 0 Å². The number of carboxylic acids is 1. The molecule has 0 aliphatic heterocycles. The van der Waals surface area contributed by atoms with Crippen LogP contribution in [0, 0.1) is 5.82 Å². The molecule has 0 aliphatic rings. The van der Waals surface area contributed by atoms with E-state index in [0.29, 0.717) is 16.2 Å². The van der Waals surface area contributed by atoms with Crippen LogP contribution in [0.2, 0.25) is 10.0 Å². The van der Waals surface area contributed by atoms with Gasteiger partial charge in [0.1, 0.15) is 10.7 Å². The van der Waals surface area contributed by atoms with E-state index in [1.54, 1.807) is 10.6 Å². The largest absolute Gasteiger partial charge is 0.477 e. The van der Waals surface area contributed by atoms with Crippen LogP contribution in [0.15, 0.2) is 24.5 Å². The average Bonchev–Trinajstić information content (AvgIpc) is 2.91. The zero-order valence-electron chi connectivity index (χ0n) is 9.60. The standard InChI is InChI=1S/C12H5Cl2FN2O2S/c13-6-2-7(14)8(15)1-5(6)9-3-17-4-10(11(18)19)20-12(17)16-9/h1-4H,(H,18,19). The van der Waals surface area contributed by atoms with Gasteiger partial charge in [-0.05, 0) is 12.1 Å². The van der Waals surface area contributed by atoms with Crippen LogP contribution in [-0.2, 0) is 0 Å². The quantitative estimate of drug-likeness (QED) is 0.716. The van der Waals surface area contributed by atoms with Crippen LogP contribution in [0.5, 0.6) is 0 Å². The Morgan fingerprint density at radius 1 is 1.30 bits per heavy atom. The molecule has 0 radical (unpaired) electrons. The van der Waals surface area contributed by atoms with Gasteiger partial charge >= 0.3 is 5.97 Å². The number of thiazole rings is 1. The molecule has 0 bridgehead atoms. The second kappa shape index (κ2) is 4.73. The second-order valence-corrected chi connectivity index (χ2v) is 5.79. The molecule has 0 fully saturated rings. The molecule has 0 saturated heterocycles. The summed E-state index contributed by atoms with van der Waals surface area (Å²) < 4.78 is 15.1. The van der Waals surface area contributed by atoms with Gasteiger partial charge in [-0.2, -0.15) is 0 Å². The Bertz CT molecular complexity index is 812. The fraction of sp³-hybridized carbons (Fsp3) is 0. The van der Waals surface area contributed by atoms with Crippen LogP contribution in [0.3, 0.4) is 0 Å². The molecule has 0 atom stereocenters. The number of fused-ring (bicyclic) bond motifs is 1. The Labute approximate surface area is 126 Å². The highest BCUT2D eigenvalue weighted by Crippen LogP contribution is 2.32. The first kappa shape index (κ1) is 13.4. The van der Waals surface area contributed by atoms with Gasteiger partial charge in [-0.25, -0.2) is 14.2 Å². The van der Waals surface area contributed by atoms with E-state index in [2.05, 4.69) is 4.98 Å². The van der Waals surface area contributed by atoms with E-state index in [4.69, 9.17) is 28.3 Å². The predicted octanol–water partition coefficient (Wildman–Crippen LogP) is 4.21. The third-order valence-electron chi connectivity index (χ3n) is 2.65. The Morgan fingerprint density at radius 2 is 2.05 bits per heavy atom. The number of halogens is 3. The second-order valence-electron chi connectivity index (χ2n) is 3.96. The van der Waals surface area contributed by atoms with E-state index in [9.17, 15) is 9.18 Å². The molecule has 0 spiro atoms. The van der Waals surface area contributed by atoms with Gasteiger partial charge in [0.2, 0.25) is 0 Å². The molecular formula is C12H5Cl2FN2O2S. The third kappa shape index (κ3) is 2.15. The molecule has 0 aliphatic carbocycles. The fourth-order valence-corrected chi connectivity index (χ4v) is 3.03. The Hall–Kier alpha value is -1.63. The SMILES string of the molecule is O=C(O)c1cn2cc(-c3cc(F)c(Cl)cc3Cl)nc2s1. The van der Waals surface area contributed by atoms with E-state index in [1.807, 2.05) is 0 Å². The summed E-state index contributed by atoms with van der Waals surface area (Å²) in [6, 6.07) is 2.51. The summed E-state index contributed by atoms with van der Waals surface area (Å²) in [5, 5.41) is 9.10. The number of carboxylic acid groups (broad SMARTS) is 1. The first-order valence-corrected chi connectivity index (χ1v) is 6.89. The van der Waals surface area contributed by atoms with Crippen molar-refractivity contribution < 1.29 is 14.3 Å². The van der Waals surface area contributed by atoms with Crippen molar-refractivity contribution >= 4 is 45.5 Å². The number of carbonyl (C=O) groups is 1. The van der Waals surface area contributed by atoms with Crippen molar-refractivity contribution in [2.24, 2.45) is 0 Å². The maximum absolute atomic E-state index is 13.5. The lowest BCUT2D eigenvalue weighted by molar-refractivity contribution is 0.0702. The average molecular weight is 331 g/mol. The van der Waals surface area contributed by atoms with Crippen molar-refractivity contribution in [3.63, 3.8) is 0 Å². The Balaban J connectivity index is 2.13. The Kier molecular flexibility index (Phi) is 3.16. The van der Waals surface area contributed by atoms with E-state index in [-0.39, 0.29) is 14.9 Å². The molecular weight excluding hydrogens is 326 g/mol. The van der Waals surface area contributed by atoms with Crippen molar-refractivity contribution in [3.8, 4) is 11.3 Å². The molecule has 3 rings (SSSR count). The van der Waals surface area contributed by atoms with Gasteiger partial charge in [-0.15, -0.1) is 0 Å². The monoisotopic (exact) mass is 330 g/mol. The Morgan fingerprint density at radius 3 is 2.70 bits per heavy atom. The zero-order chi connectivity index (χ0) is 14.4. The minimum absolute atomic E-state index is 0.0621. The smallest absolute Gasteiger partial charge is 0.347 e. The zero-order valence-corrected chi connectivity index (χ0v) is 11.9. The van der Waals surface area contributed by atoms with Gasteiger partial charge in [0.05, 0.1) is 15.7 Å². The lowest BCUT2D eigenvalue weighted by Gasteiger charge is -2.02. The molecule has 0 saturated carbocycles. The van der Waals surface area contributed by atoms with Crippen LogP contribution in [-0.4, -0.2) is 20.5 Å².